The Balaban J connectivity index is 2.50. The number of nitrogens with zero attached hydrogens (tertiary/aromatic N) is 1. The van der Waals surface area contributed by atoms with Crippen molar-refractivity contribution in [3.8, 4) is 0 Å². The fourth-order valence-electron chi connectivity index (χ4n) is 1.15. The highest BCUT2D eigenvalue weighted by Gasteiger charge is 2.07. The number of aromatic nitrogens is 1. The van der Waals surface area contributed by atoms with E-state index in [1.54, 1.807) is 11.3 Å². The Morgan fingerprint density at radius 1 is 1.54 bits per heavy atom. The molecule has 0 radical (unpaired) electrons. The Morgan fingerprint density at radius 2 is 2.31 bits per heavy atom. The van der Waals surface area contributed by atoms with Gasteiger partial charge in [-0.2, -0.15) is 0 Å². The van der Waals surface area contributed by atoms with Crippen LogP contribution in [0.1, 0.15) is 43.9 Å². The molecule has 0 aromatic carbocycles. The normalized spacial score (nSPS) is 13.2. The molecule has 0 saturated carbocycles. The van der Waals surface area contributed by atoms with Crippen molar-refractivity contribution in [2.24, 2.45) is 0 Å². The third-order valence-electron chi connectivity index (χ3n) is 2.02. The van der Waals surface area contributed by atoms with Gasteiger partial charge in [-0.25, -0.2) is 4.98 Å². The van der Waals surface area contributed by atoms with Crippen molar-refractivity contribution in [1.82, 2.24) is 10.3 Å². The van der Waals surface area contributed by atoms with Crippen LogP contribution in [0.15, 0.2) is 5.38 Å². The second-order valence-electron chi connectivity index (χ2n) is 3.20. The molecule has 0 bridgehead atoms. The molecule has 0 aliphatic rings. The second kappa shape index (κ2) is 5.35. The molecule has 3 heteroatoms. The molecule has 0 amide bonds. The lowest BCUT2D eigenvalue weighted by atomic mass is 10.2. The van der Waals surface area contributed by atoms with E-state index >= 15 is 0 Å². The number of hydrogen-bond donors (Lipinski definition) is 1. The smallest absolute Gasteiger partial charge is 0.0926 e. The number of hydrogen-bond acceptors (Lipinski definition) is 3. The number of thiazole rings is 1. The zero-order valence-corrected chi connectivity index (χ0v) is 9.45. The monoisotopic (exact) mass is 198 g/mol. The molecule has 0 fully saturated rings. The molecule has 2 nitrogen and oxygen atoms in total. The van der Waals surface area contributed by atoms with E-state index in [9.17, 15) is 0 Å². The predicted molar refractivity (Wildman–Crippen MR) is 58.2 cm³/mol. The molecular formula is C10H18N2S. The van der Waals surface area contributed by atoms with Crippen LogP contribution in [0.3, 0.4) is 0 Å². The summed E-state index contributed by atoms with van der Waals surface area (Å²) >= 11 is 1.76. The number of rotatable bonds is 5. The molecule has 1 aromatic heterocycles. The van der Waals surface area contributed by atoms with Crippen molar-refractivity contribution in [3.63, 3.8) is 0 Å². The molecule has 1 aromatic rings. The van der Waals surface area contributed by atoms with Crippen molar-refractivity contribution in [2.45, 2.75) is 39.7 Å². The van der Waals surface area contributed by atoms with Gasteiger partial charge in [0.2, 0.25) is 0 Å². The van der Waals surface area contributed by atoms with E-state index < -0.39 is 0 Å². The van der Waals surface area contributed by atoms with Crippen LogP contribution in [0.2, 0.25) is 0 Å². The van der Waals surface area contributed by atoms with Crippen molar-refractivity contribution in [3.05, 3.63) is 16.1 Å². The summed E-state index contributed by atoms with van der Waals surface area (Å²) < 4.78 is 0. The second-order valence-corrected chi connectivity index (χ2v) is 4.14. The maximum absolute atomic E-state index is 4.54. The minimum absolute atomic E-state index is 0.400. The van der Waals surface area contributed by atoms with E-state index in [0.29, 0.717) is 6.04 Å². The van der Waals surface area contributed by atoms with Crippen LogP contribution in [0.4, 0.5) is 0 Å². The van der Waals surface area contributed by atoms with Crippen LogP contribution in [0, 0.1) is 0 Å². The minimum Gasteiger partial charge on any atom is -0.309 e. The topological polar surface area (TPSA) is 24.9 Å². The van der Waals surface area contributed by atoms with Crippen molar-refractivity contribution in [2.75, 3.05) is 6.54 Å². The molecule has 1 rings (SSSR count). The van der Waals surface area contributed by atoms with Gasteiger partial charge in [0.05, 0.1) is 10.7 Å². The summed E-state index contributed by atoms with van der Waals surface area (Å²) in [6, 6.07) is 0.400. The molecule has 0 saturated heterocycles. The van der Waals surface area contributed by atoms with Gasteiger partial charge in [0.25, 0.3) is 0 Å². The van der Waals surface area contributed by atoms with E-state index in [-0.39, 0.29) is 0 Å². The van der Waals surface area contributed by atoms with Crippen molar-refractivity contribution < 1.29 is 0 Å². The van der Waals surface area contributed by atoms with Crippen LogP contribution >= 0.6 is 11.3 Å². The van der Waals surface area contributed by atoms with E-state index in [1.807, 2.05) is 0 Å². The minimum atomic E-state index is 0.400. The highest BCUT2D eigenvalue weighted by molar-refractivity contribution is 7.09. The first-order chi connectivity index (χ1) is 6.27. The average molecular weight is 198 g/mol. The maximum Gasteiger partial charge on any atom is 0.0926 e. The Hall–Kier alpha value is -0.410. The Morgan fingerprint density at radius 3 is 2.85 bits per heavy atom. The van der Waals surface area contributed by atoms with Gasteiger partial charge in [0, 0.05) is 11.4 Å². The third kappa shape index (κ3) is 3.08. The van der Waals surface area contributed by atoms with E-state index in [4.69, 9.17) is 0 Å². The molecule has 1 N–H and O–H groups in total. The van der Waals surface area contributed by atoms with Crippen LogP contribution in [0.25, 0.3) is 0 Å². The van der Waals surface area contributed by atoms with Crippen molar-refractivity contribution in [1.29, 1.82) is 0 Å². The standard InChI is InChI=1S/C10H18N2S/c1-4-6-11-8(3)9-7-13-10(5-2)12-9/h7-8,11H,4-6H2,1-3H3. The zero-order valence-electron chi connectivity index (χ0n) is 8.63. The summed E-state index contributed by atoms with van der Waals surface area (Å²) in [6.45, 7) is 7.56. The fourth-order valence-corrected chi connectivity index (χ4v) is 1.99. The average Bonchev–Trinajstić information content (AvgIpc) is 2.62. The van der Waals surface area contributed by atoms with Gasteiger partial charge in [-0.05, 0) is 26.3 Å². The lowest BCUT2D eigenvalue weighted by Crippen LogP contribution is -2.19. The molecular weight excluding hydrogens is 180 g/mol. The highest BCUT2D eigenvalue weighted by Crippen LogP contribution is 2.16. The molecule has 0 spiro atoms. The van der Waals surface area contributed by atoms with Gasteiger partial charge >= 0.3 is 0 Å². The van der Waals surface area contributed by atoms with Gasteiger partial charge in [-0.1, -0.05) is 13.8 Å². The number of aryl methyl sites for hydroxylation is 1. The van der Waals surface area contributed by atoms with Gasteiger partial charge in [-0.3, -0.25) is 0 Å². The van der Waals surface area contributed by atoms with E-state index in [0.717, 1.165) is 13.0 Å². The quantitative estimate of drug-likeness (QED) is 0.787. The Kier molecular flexibility index (Phi) is 4.39. The zero-order chi connectivity index (χ0) is 9.68. The largest absolute Gasteiger partial charge is 0.309 e. The summed E-state index contributed by atoms with van der Waals surface area (Å²) in [5.74, 6) is 0. The van der Waals surface area contributed by atoms with Crippen LogP contribution in [-0.2, 0) is 6.42 Å². The van der Waals surface area contributed by atoms with Gasteiger partial charge in [0.1, 0.15) is 0 Å². The van der Waals surface area contributed by atoms with Crippen LogP contribution in [-0.4, -0.2) is 11.5 Å². The number of nitrogens with one attached hydrogen (secondary N) is 1. The fraction of sp³-hybridized carbons (Fsp3) is 0.700. The first-order valence-electron chi connectivity index (χ1n) is 4.95. The molecule has 74 valence electrons. The first-order valence-corrected chi connectivity index (χ1v) is 5.83. The van der Waals surface area contributed by atoms with E-state index in [1.165, 1.54) is 17.1 Å². The summed E-state index contributed by atoms with van der Waals surface area (Å²) in [6.07, 6.45) is 2.22. The third-order valence-corrected chi connectivity index (χ3v) is 3.03. The highest BCUT2D eigenvalue weighted by atomic mass is 32.1. The SMILES string of the molecule is CCCNC(C)c1csc(CC)n1. The maximum atomic E-state index is 4.54. The summed E-state index contributed by atoms with van der Waals surface area (Å²) in [4.78, 5) is 4.54. The summed E-state index contributed by atoms with van der Waals surface area (Å²) in [7, 11) is 0. The lowest BCUT2D eigenvalue weighted by Gasteiger charge is -2.09. The summed E-state index contributed by atoms with van der Waals surface area (Å²) in [5, 5.41) is 6.83. The Bertz CT molecular complexity index is 245. The van der Waals surface area contributed by atoms with Gasteiger partial charge in [-0.15, -0.1) is 11.3 Å². The molecule has 13 heavy (non-hydrogen) atoms. The predicted octanol–water partition coefficient (Wildman–Crippen LogP) is 2.77. The molecule has 0 aliphatic heterocycles. The van der Waals surface area contributed by atoms with Gasteiger partial charge < -0.3 is 5.32 Å². The van der Waals surface area contributed by atoms with Crippen LogP contribution < -0.4 is 5.32 Å². The molecule has 0 aliphatic carbocycles. The van der Waals surface area contributed by atoms with Gasteiger partial charge in [0.15, 0.2) is 0 Å². The van der Waals surface area contributed by atoms with Crippen LogP contribution in [0.5, 0.6) is 0 Å². The van der Waals surface area contributed by atoms with E-state index in [2.05, 4.69) is 36.5 Å². The molecule has 1 unspecified atom stereocenters. The van der Waals surface area contributed by atoms with Crippen molar-refractivity contribution >= 4 is 11.3 Å². The lowest BCUT2D eigenvalue weighted by molar-refractivity contribution is 0.560. The molecule has 1 atom stereocenters. The first kappa shape index (κ1) is 10.7. The summed E-state index contributed by atoms with van der Waals surface area (Å²) in [5.41, 5.74) is 1.19. The Labute approximate surface area is 84.4 Å². The molecule has 1 heterocycles.